The molecule has 0 atom stereocenters. The first-order valence-electron chi connectivity index (χ1n) is 8.32. The third kappa shape index (κ3) is 8.25. The fourth-order valence-corrected chi connectivity index (χ4v) is 2.67. The van der Waals surface area contributed by atoms with Crippen molar-refractivity contribution in [3.8, 4) is 0 Å². The predicted molar refractivity (Wildman–Crippen MR) is 121 cm³/mol. The molecule has 0 bridgehead atoms. The quantitative estimate of drug-likeness (QED) is 0.214. The number of amides is 1. The van der Waals surface area contributed by atoms with Crippen LogP contribution in [0.2, 0.25) is 0 Å². The number of halogens is 3. The van der Waals surface area contributed by atoms with Crippen molar-refractivity contribution in [2.75, 3.05) is 20.1 Å². The zero-order chi connectivity index (χ0) is 18.8. The largest absolute Gasteiger partial charge is 0.356 e. The second-order valence-electron chi connectivity index (χ2n) is 5.56. The molecule has 27 heavy (non-hydrogen) atoms. The summed E-state index contributed by atoms with van der Waals surface area (Å²) in [5.74, 6) is 0.241. The smallest absolute Gasteiger partial charge is 0.251 e. The van der Waals surface area contributed by atoms with Crippen LogP contribution >= 0.6 is 39.9 Å². The van der Waals surface area contributed by atoms with E-state index in [9.17, 15) is 9.18 Å². The highest BCUT2D eigenvalue weighted by atomic mass is 127. The Morgan fingerprint density at radius 2 is 1.81 bits per heavy atom. The molecule has 0 aromatic heterocycles. The number of carbonyl (C=O) groups excluding carboxylic acids is 1. The summed E-state index contributed by atoms with van der Waals surface area (Å²) in [6, 6.07) is 13.9. The van der Waals surface area contributed by atoms with Crippen LogP contribution in [-0.4, -0.2) is 32.0 Å². The van der Waals surface area contributed by atoms with Gasteiger partial charge >= 0.3 is 0 Å². The maximum atomic E-state index is 13.6. The number of carbonyl (C=O) groups is 1. The molecule has 0 spiro atoms. The zero-order valence-electron chi connectivity index (χ0n) is 15.0. The standard InChI is InChI=1S/C19H22BrFN4O.HI/c1-22-19(25-13-15-6-2-3-9-17(15)21)24-11-5-10-23-18(26)14-7-4-8-16(20)12-14;/h2-4,6-9,12H,5,10-11,13H2,1H3,(H,23,26)(H2,22,24,25);1H. The predicted octanol–water partition coefficient (Wildman–Crippen LogP) is 3.69. The molecule has 0 saturated heterocycles. The topological polar surface area (TPSA) is 65.5 Å². The van der Waals surface area contributed by atoms with Crippen molar-refractivity contribution < 1.29 is 9.18 Å². The van der Waals surface area contributed by atoms with E-state index in [4.69, 9.17) is 0 Å². The molecule has 2 aromatic rings. The second-order valence-corrected chi connectivity index (χ2v) is 6.48. The average Bonchev–Trinajstić information content (AvgIpc) is 2.65. The first kappa shape index (κ1) is 23.4. The minimum Gasteiger partial charge on any atom is -0.356 e. The molecule has 0 aliphatic rings. The van der Waals surface area contributed by atoms with E-state index in [0.29, 0.717) is 36.7 Å². The molecule has 0 fully saturated rings. The van der Waals surface area contributed by atoms with E-state index < -0.39 is 0 Å². The maximum absolute atomic E-state index is 13.6. The minimum atomic E-state index is -0.245. The van der Waals surface area contributed by atoms with E-state index in [0.717, 1.165) is 10.9 Å². The van der Waals surface area contributed by atoms with Gasteiger partial charge in [-0.15, -0.1) is 24.0 Å². The molecule has 1 amide bonds. The van der Waals surface area contributed by atoms with Gasteiger partial charge in [0.25, 0.3) is 5.91 Å². The third-order valence-electron chi connectivity index (χ3n) is 3.65. The second kappa shape index (κ2) is 12.7. The molecule has 0 radical (unpaired) electrons. The van der Waals surface area contributed by atoms with Crippen molar-refractivity contribution in [2.45, 2.75) is 13.0 Å². The van der Waals surface area contributed by atoms with Gasteiger partial charge in [-0.1, -0.05) is 40.2 Å². The maximum Gasteiger partial charge on any atom is 0.251 e. The van der Waals surface area contributed by atoms with Gasteiger partial charge in [0, 0.05) is 42.3 Å². The van der Waals surface area contributed by atoms with Crippen molar-refractivity contribution in [1.29, 1.82) is 0 Å². The van der Waals surface area contributed by atoms with Crippen molar-refractivity contribution in [3.05, 3.63) is 69.9 Å². The summed E-state index contributed by atoms with van der Waals surface area (Å²) in [4.78, 5) is 16.1. The molecule has 2 rings (SSSR count). The van der Waals surface area contributed by atoms with Crippen LogP contribution in [0.5, 0.6) is 0 Å². The van der Waals surface area contributed by atoms with Gasteiger partial charge in [-0.05, 0) is 30.7 Å². The molecular weight excluding hydrogens is 526 g/mol. The van der Waals surface area contributed by atoms with E-state index in [1.165, 1.54) is 6.07 Å². The summed E-state index contributed by atoms with van der Waals surface area (Å²) in [5.41, 5.74) is 1.20. The SMILES string of the molecule is CN=C(NCCCNC(=O)c1cccc(Br)c1)NCc1ccccc1F.I. The van der Waals surface area contributed by atoms with Crippen LogP contribution in [0.4, 0.5) is 4.39 Å². The highest BCUT2D eigenvalue weighted by molar-refractivity contribution is 14.0. The normalized spacial score (nSPS) is 10.7. The molecule has 0 aliphatic heterocycles. The average molecular weight is 549 g/mol. The number of nitrogens with zero attached hydrogens (tertiary/aromatic N) is 1. The summed E-state index contributed by atoms with van der Waals surface area (Å²) < 4.78 is 14.5. The van der Waals surface area contributed by atoms with E-state index in [1.54, 1.807) is 37.4 Å². The molecule has 5 nitrogen and oxygen atoms in total. The fourth-order valence-electron chi connectivity index (χ4n) is 2.27. The molecule has 2 aromatic carbocycles. The van der Waals surface area contributed by atoms with Crippen LogP contribution in [0, 0.1) is 5.82 Å². The number of hydrogen-bond acceptors (Lipinski definition) is 2. The molecule has 3 N–H and O–H groups in total. The Kier molecular flexibility index (Phi) is 11.0. The summed E-state index contributed by atoms with van der Waals surface area (Å²) in [6.45, 7) is 1.53. The summed E-state index contributed by atoms with van der Waals surface area (Å²) in [7, 11) is 1.66. The van der Waals surface area contributed by atoms with Gasteiger partial charge in [-0.3, -0.25) is 9.79 Å². The molecule has 0 heterocycles. The highest BCUT2D eigenvalue weighted by Gasteiger charge is 2.05. The summed E-state index contributed by atoms with van der Waals surface area (Å²) in [5, 5.41) is 9.08. The summed E-state index contributed by atoms with van der Waals surface area (Å²) >= 11 is 3.35. The van der Waals surface area contributed by atoms with Gasteiger partial charge in [0.05, 0.1) is 0 Å². The van der Waals surface area contributed by atoms with E-state index in [-0.39, 0.29) is 35.7 Å². The molecule has 0 unspecified atom stereocenters. The Labute approximate surface area is 184 Å². The monoisotopic (exact) mass is 548 g/mol. The van der Waals surface area contributed by atoms with Gasteiger partial charge in [-0.25, -0.2) is 4.39 Å². The van der Waals surface area contributed by atoms with Gasteiger partial charge < -0.3 is 16.0 Å². The lowest BCUT2D eigenvalue weighted by Crippen LogP contribution is -2.38. The Morgan fingerprint density at radius 1 is 1.07 bits per heavy atom. The number of rotatable bonds is 7. The third-order valence-corrected chi connectivity index (χ3v) is 4.14. The minimum absolute atomic E-state index is 0. The van der Waals surface area contributed by atoms with Crippen LogP contribution in [0.15, 0.2) is 58.0 Å². The Bertz CT molecular complexity index is 773. The van der Waals surface area contributed by atoms with Crippen molar-refractivity contribution in [1.82, 2.24) is 16.0 Å². The first-order chi connectivity index (χ1) is 12.6. The molecule has 8 heteroatoms. The Hall–Kier alpha value is -1.68. The van der Waals surface area contributed by atoms with E-state index in [1.807, 2.05) is 12.1 Å². The van der Waals surface area contributed by atoms with Crippen molar-refractivity contribution >= 4 is 51.8 Å². The molecular formula is C19H23BrFIN4O. The summed E-state index contributed by atoms with van der Waals surface area (Å²) in [6.07, 6.45) is 0.736. The number of aliphatic imine (C=N–C) groups is 1. The van der Waals surface area contributed by atoms with Crippen molar-refractivity contribution in [3.63, 3.8) is 0 Å². The lowest BCUT2D eigenvalue weighted by Gasteiger charge is -2.12. The number of guanidine groups is 1. The van der Waals surface area contributed by atoms with Crippen molar-refractivity contribution in [2.24, 2.45) is 4.99 Å². The Balaban J connectivity index is 0.00000364. The number of hydrogen-bond donors (Lipinski definition) is 3. The highest BCUT2D eigenvalue weighted by Crippen LogP contribution is 2.11. The Morgan fingerprint density at radius 3 is 2.52 bits per heavy atom. The van der Waals surface area contributed by atoms with Crippen LogP contribution in [0.3, 0.4) is 0 Å². The number of benzene rings is 2. The van der Waals surface area contributed by atoms with E-state index in [2.05, 4.69) is 36.9 Å². The van der Waals surface area contributed by atoms with Crippen LogP contribution in [0.25, 0.3) is 0 Å². The number of nitrogens with one attached hydrogen (secondary N) is 3. The van der Waals surface area contributed by atoms with Gasteiger partial charge in [0.2, 0.25) is 0 Å². The van der Waals surface area contributed by atoms with Crippen LogP contribution in [-0.2, 0) is 6.54 Å². The van der Waals surface area contributed by atoms with Crippen LogP contribution in [0.1, 0.15) is 22.3 Å². The van der Waals surface area contributed by atoms with Gasteiger partial charge in [-0.2, -0.15) is 0 Å². The molecule has 146 valence electrons. The lowest BCUT2D eigenvalue weighted by molar-refractivity contribution is 0.0953. The molecule has 0 saturated carbocycles. The van der Waals surface area contributed by atoms with Crippen LogP contribution < -0.4 is 16.0 Å². The molecule has 0 aliphatic carbocycles. The van der Waals surface area contributed by atoms with Gasteiger partial charge in [0.15, 0.2) is 5.96 Å². The first-order valence-corrected chi connectivity index (χ1v) is 9.11. The zero-order valence-corrected chi connectivity index (χ0v) is 18.9. The van der Waals surface area contributed by atoms with Gasteiger partial charge in [0.1, 0.15) is 5.82 Å². The fraction of sp³-hybridized carbons (Fsp3) is 0.263. The lowest BCUT2D eigenvalue weighted by atomic mass is 10.2. The van der Waals surface area contributed by atoms with E-state index >= 15 is 0 Å².